The molecule has 3 saturated carbocycles. The van der Waals surface area contributed by atoms with Gasteiger partial charge in [-0.2, -0.15) is 0 Å². The predicted molar refractivity (Wildman–Crippen MR) is 98.9 cm³/mol. The van der Waals surface area contributed by atoms with Crippen LogP contribution in [0.5, 0.6) is 0 Å². The van der Waals surface area contributed by atoms with Gasteiger partial charge in [0.1, 0.15) is 5.60 Å². The number of ether oxygens (including phenoxy) is 1. The van der Waals surface area contributed by atoms with Crippen molar-refractivity contribution in [1.29, 1.82) is 0 Å². The summed E-state index contributed by atoms with van der Waals surface area (Å²) in [6, 6.07) is 0. The van der Waals surface area contributed by atoms with Crippen molar-refractivity contribution in [2.24, 2.45) is 34.2 Å². The Bertz CT molecular complexity index is 723. The third-order valence-corrected chi connectivity index (χ3v) is 8.72. The molecular weight excluding hydrogens is 326 g/mol. The van der Waals surface area contributed by atoms with Crippen LogP contribution in [0.1, 0.15) is 64.7 Å². The molecule has 1 spiro atoms. The van der Waals surface area contributed by atoms with E-state index in [9.17, 15) is 4.79 Å². The Labute approximate surface area is 155 Å². The van der Waals surface area contributed by atoms with Gasteiger partial charge in [-0.15, -0.1) is 0 Å². The van der Waals surface area contributed by atoms with E-state index in [1.54, 1.807) is 6.08 Å². The van der Waals surface area contributed by atoms with Crippen molar-refractivity contribution < 1.29 is 14.7 Å². The van der Waals surface area contributed by atoms with Crippen molar-refractivity contribution in [2.45, 2.75) is 70.3 Å². The van der Waals surface area contributed by atoms with Crippen molar-refractivity contribution in [2.75, 3.05) is 0 Å². The summed E-state index contributed by atoms with van der Waals surface area (Å²) in [6.07, 6.45) is 16.1. The molecule has 4 nitrogen and oxygen atoms in total. The van der Waals surface area contributed by atoms with Crippen LogP contribution >= 0.6 is 0 Å². The van der Waals surface area contributed by atoms with Crippen LogP contribution in [0.2, 0.25) is 0 Å². The quantitative estimate of drug-likeness (QED) is 0.424. The molecule has 0 aromatic carbocycles. The van der Waals surface area contributed by atoms with E-state index in [0.29, 0.717) is 11.8 Å². The van der Waals surface area contributed by atoms with Crippen LogP contribution in [0.4, 0.5) is 0 Å². The summed E-state index contributed by atoms with van der Waals surface area (Å²) in [6.45, 7) is 2.30. The number of oxime groups is 1. The van der Waals surface area contributed by atoms with Crippen molar-refractivity contribution in [3.05, 3.63) is 23.8 Å². The molecule has 140 valence electrons. The molecule has 5 aliphatic rings. The minimum absolute atomic E-state index is 0.141. The molecule has 0 aromatic heterocycles. The van der Waals surface area contributed by atoms with Crippen molar-refractivity contribution in [1.82, 2.24) is 0 Å². The van der Waals surface area contributed by atoms with Crippen molar-refractivity contribution >= 4 is 11.7 Å². The lowest BCUT2D eigenvalue weighted by Gasteiger charge is -2.56. The molecule has 1 N–H and O–H groups in total. The SMILES string of the molecule is CC[C@]12CCC3C(CCC4=C/C(=N\O)CC[C@@H]43)C1CC[C@@]21C=CC(=O)O1. The van der Waals surface area contributed by atoms with Crippen LogP contribution in [0.25, 0.3) is 0 Å². The second-order valence-electron chi connectivity index (χ2n) is 9.16. The predicted octanol–water partition coefficient (Wildman–Crippen LogP) is 4.63. The smallest absolute Gasteiger partial charge is 0.331 e. The van der Waals surface area contributed by atoms with Crippen LogP contribution in [0.3, 0.4) is 0 Å². The summed E-state index contributed by atoms with van der Waals surface area (Å²) < 4.78 is 5.98. The third-order valence-electron chi connectivity index (χ3n) is 8.72. The van der Waals surface area contributed by atoms with Crippen LogP contribution < -0.4 is 0 Å². The first kappa shape index (κ1) is 16.6. The maximum absolute atomic E-state index is 11.9. The van der Waals surface area contributed by atoms with Gasteiger partial charge in [0.25, 0.3) is 0 Å². The lowest BCUT2D eigenvalue weighted by Crippen LogP contribution is -2.53. The summed E-state index contributed by atoms with van der Waals surface area (Å²) in [7, 11) is 0. The van der Waals surface area contributed by atoms with Crippen molar-refractivity contribution in [3.8, 4) is 0 Å². The zero-order chi connectivity index (χ0) is 17.9. The Morgan fingerprint density at radius 3 is 2.81 bits per heavy atom. The van der Waals surface area contributed by atoms with E-state index >= 15 is 0 Å². The number of esters is 1. The van der Waals surface area contributed by atoms with Crippen LogP contribution in [-0.4, -0.2) is 22.5 Å². The topological polar surface area (TPSA) is 58.9 Å². The average molecular weight is 355 g/mol. The zero-order valence-corrected chi connectivity index (χ0v) is 15.6. The molecular formula is C22H29NO3. The van der Waals surface area contributed by atoms with E-state index in [4.69, 9.17) is 9.94 Å². The number of nitrogens with zero attached hydrogens (tertiary/aromatic N) is 1. The molecule has 3 unspecified atom stereocenters. The number of carbonyl (C=O) groups excluding carboxylic acids is 1. The molecule has 1 aliphatic heterocycles. The Balaban J connectivity index is 1.47. The lowest BCUT2D eigenvalue weighted by atomic mass is 9.49. The Hall–Kier alpha value is -1.58. The highest BCUT2D eigenvalue weighted by atomic mass is 16.6. The first-order chi connectivity index (χ1) is 12.6. The van der Waals surface area contributed by atoms with Gasteiger partial charge in [0.2, 0.25) is 0 Å². The van der Waals surface area contributed by atoms with Gasteiger partial charge in [-0.3, -0.25) is 0 Å². The fourth-order valence-electron chi connectivity index (χ4n) is 7.71. The minimum atomic E-state index is -0.326. The van der Waals surface area contributed by atoms with Gasteiger partial charge in [-0.05, 0) is 93.6 Å². The van der Waals surface area contributed by atoms with Crippen LogP contribution in [0, 0.1) is 29.1 Å². The molecule has 0 radical (unpaired) electrons. The Morgan fingerprint density at radius 2 is 2.08 bits per heavy atom. The minimum Gasteiger partial charge on any atom is -0.451 e. The third kappa shape index (κ3) is 2.02. The maximum atomic E-state index is 11.9. The highest BCUT2D eigenvalue weighted by Gasteiger charge is 2.66. The zero-order valence-electron chi connectivity index (χ0n) is 15.6. The molecule has 3 fully saturated rings. The molecule has 4 aliphatic carbocycles. The second-order valence-corrected chi connectivity index (χ2v) is 9.16. The first-order valence-corrected chi connectivity index (χ1v) is 10.5. The van der Waals surface area contributed by atoms with E-state index in [2.05, 4.69) is 24.2 Å². The second kappa shape index (κ2) is 5.71. The van der Waals surface area contributed by atoms with Crippen LogP contribution in [0.15, 0.2) is 29.0 Å². The fourth-order valence-corrected chi connectivity index (χ4v) is 7.71. The number of fused-ring (bicyclic) bond motifs is 6. The molecule has 1 heterocycles. The van der Waals surface area contributed by atoms with Crippen molar-refractivity contribution in [3.63, 3.8) is 0 Å². The van der Waals surface area contributed by atoms with Crippen LogP contribution in [-0.2, 0) is 9.53 Å². The number of hydrogen-bond acceptors (Lipinski definition) is 4. The van der Waals surface area contributed by atoms with Gasteiger partial charge in [-0.1, -0.05) is 17.7 Å². The lowest BCUT2D eigenvalue weighted by molar-refractivity contribution is -0.164. The summed E-state index contributed by atoms with van der Waals surface area (Å²) in [5.74, 6) is 2.72. The molecule has 0 amide bonds. The highest BCUT2D eigenvalue weighted by molar-refractivity contribution is 5.96. The summed E-state index contributed by atoms with van der Waals surface area (Å²) in [4.78, 5) is 11.9. The number of hydrogen-bond donors (Lipinski definition) is 1. The largest absolute Gasteiger partial charge is 0.451 e. The van der Waals surface area contributed by atoms with E-state index in [-0.39, 0.29) is 17.0 Å². The van der Waals surface area contributed by atoms with Gasteiger partial charge in [0.05, 0.1) is 5.71 Å². The number of allylic oxidation sites excluding steroid dienone is 2. The molecule has 26 heavy (non-hydrogen) atoms. The van der Waals surface area contributed by atoms with Gasteiger partial charge < -0.3 is 9.94 Å². The highest BCUT2D eigenvalue weighted by Crippen LogP contribution is 2.68. The normalized spacial score (nSPS) is 48.1. The molecule has 6 atom stereocenters. The summed E-state index contributed by atoms with van der Waals surface area (Å²) in [5.41, 5.74) is 2.20. The average Bonchev–Trinajstić information content (AvgIpc) is 3.22. The standard InChI is InChI=1S/C22H29NO3/c1-2-21-10-7-17-16-6-4-15(23-25)13-14(16)3-5-18(17)19(21)8-11-22(21)12-9-20(24)26-22/h9,12-13,16-19,25H,2-8,10-11H2,1H3/b23-15-/t16-,17?,18?,19?,21-,22+/m0/s1. The molecule has 0 saturated heterocycles. The van der Waals surface area contributed by atoms with E-state index < -0.39 is 0 Å². The molecule has 0 aromatic rings. The van der Waals surface area contributed by atoms with E-state index in [1.165, 1.54) is 31.3 Å². The van der Waals surface area contributed by atoms with E-state index in [0.717, 1.165) is 49.7 Å². The maximum Gasteiger partial charge on any atom is 0.331 e. The van der Waals surface area contributed by atoms with E-state index in [1.807, 2.05) is 0 Å². The van der Waals surface area contributed by atoms with Gasteiger partial charge >= 0.3 is 5.97 Å². The summed E-state index contributed by atoms with van der Waals surface area (Å²) >= 11 is 0. The Kier molecular flexibility index (Phi) is 3.64. The molecule has 4 heteroatoms. The van der Waals surface area contributed by atoms with Gasteiger partial charge in [0, 0.05) is 11.5 Å². The number of carbonyl (C=O) groups is 1. The van der Waals surface area contributed by atoms with Gasteiger partial charge in [0.15, 0.2) is 0 Å². The molecule has 0 bridgehead atoms. The monoisotopic (exact) mass is 355 g/mol. The fraction of sp³-hybridized carbons (Fsp3) is 0.727. The number of rotatable bonds is 1. The molecule has 5 rings (SSSR count). The Morgan fingerprint density at radius 1 is 1.19 bits per heavy atom. The van der Waals surface area contributed by atoms with Gasteiger partial charge in [-0.25, -0.2) is 4.79 Å². The first-order valence-electron chi connectivity index (χ1n) is 10.5. The summed E-state index contributed by atoms with van der Waals surface area (Å²) in [5, 5.41) is 12.6.